The van der Waals surface area contributed by atoms with Gasteiger partial charge >= 0.3 is 0 Å². The van der Waals surface area contributed by atoms with E-state index in [9.17, 15) is 9.59 Å². The zero-order chi connectivity index (χ0) is 25.8. The number of benzene rings is 2. The second-order valence-corrected chi connectivity index (χ2v) is 9.35. The van der Waals surface area contributed by atoms with E-state index < -0.39 is 0 Å². The Morgan fingerprint density at radius 3 is 2.41 bits per heavy atom. The van der Waals surface area contributed by atoms with Gasteiger partial charge < -0.3 is 14.5 Å². The van der Waals surface area contributed by atoms with Gasteiger partial charge in [-0.25, -0.2) is 9.97 Å². The molecular formula is C29H31N5O3. The number of ether oxygens (including phenoxy) is 1. The van der Waals surface area contributed by atoms with Crippen molar-refractivity contribution in [2.75, 3.05) is 38.2 Å². The van der Waals surface area contributed by atoms with Gasteiger partial charge in [-0.05, 0) is 48.9 Å². The zero-order valence-corrected chi connectivity index (χ0v) is 21.3. The van der Waals surface area contributed by atoms with Crippen LogP contribution in [-0.4, -0.2) is 58.6 Å². The number of aromatic nitrogens is 3. The van der Waals surface area contributed by atoms with Crippen molar-refractivity contribution in [1.29, 1.82) is 0 Å². The van der Waals surface area contributed by atoms with Gasteiger partial charge in [-0.2, -0.15) is 0 Å². The monoisotopic (exact) mass is 497 g/mol. The highest BCUT2D eigenvalue weighted by molar-refractivity contribution is 5.77. The van der Waals surface area contributed by atoms with Crippen LogP contribution in [0.25, 0.3) is 11.0 Å². The highest BCUT2D eigenvalue weighted by atomic mass is 16.5. The number of methoxy groups -OCH3 is 1. The van der Waals surface area contributed by atoms with Crippen molar-refractivity contribution in [3.63, 3.8) is 0 Å². The Morgan fingerprint density at radius 2 is 1.70 bits per heavy atom. The molecule has 5 rings (SSSR count). The predicted octanol–water partition coefficient (Wildman–Crippen LogP) is 3.44. The van der Waals surface area contributed by atoms with Gasteiger partial charge in [-0.15, -0.1) is 0 Å². The van der Waals surface area contributed by atoms with Crippen molar-refractivity contribution >= 4 is 22.6 Å². The summed E-state index contributed by atoms with van der Waals surface area (Å²) in [6, 6.07) is 19.6. The molecule has 0 bridgehead atoms. The van der Waals surface area contributed by atoms with Crippen molar-refractivity contribution in [2.24, 2.45) is 0 Å². The van der Waals surface area contributed by atoms with Crippen molar-refractivity contribution in [1.82, 2.24) is 19.4 Å². The third-order valence-corrected chi connectivity index (χ3v) is 6.90. The van der Waals surface area contributed by atoms with Gasteiger partial charge in [0, 0.05) is 50.9 Å². The van der Waals surface area contributed by atoms with Gasteiger partial charge in [0.15, 0.2) is 5.65 Å². The van der Waals surface area contributed by atoms with E-state index in [2.05, 4.69) is 9.88 Å². The minimum atomic E-state index is -0.130. The van der Waals surface area contributed by atoms with Crippen LogP contribution in [-0.2, 0) is 17.8 Å². The first-order valence-electron chi connectivity index (χ1n) is 12.6. The Morgan fingerprint density at radius 1 is 0.973 bits per heavy atom. The van der Waals surface area contributed by atoms with E-state index in [1.165, 1.54) is 0 Å². The van der Waals surface area contributed by atoms with Gasteiger partial charge in [0.1, 0.15) is 11.6 Å². The Bertz CT molecular complexity index is 1440. The summed E-state index contributed by atoms with van der Waals surface area (Å²) < 4.78 is 6.93. The number of piperazine rings is 1. The highest BCUT2D eigenvalue weighted by Gasteiger charge is 2.22. The van der Waals surface area contributed by atoms with Crippen LogP contribution in [0.4, 0.5) is 5.69 Å². The Labute approximate surface area is 216 Å². The molecule has 1 aliphatic rings. The normalized spacial score (nSPS) is 13.7. The van der Waals surface area contributed by atoms with E-state index in [4.69, 9.17) is 9.72 Å². The summed E-state index contributed by atoms with van der Waals surface area (Å²) in [5.41, 5.74) is 3.59. The van der Waals surface area contributed by atoms with Crippen LogP contribution >= 0.6 is 0 Å². The first-order chi connectivity index (χ1) is 18.0. The molecule has 0 saturated carbocycles. The predicted molar refractivity (Wildman–Crippen MR) is 144 cm³/mol. The van der Waals surface area contributed by atoms with Crippen LogP contribution in [0, 0.1) is 6.92 Å². The number of anilines is 1. The second kappa shape index (κ2) is 10.8. The number of carbonyl (C=O) groups excluding carboxylic acids is 1. The summed E-state index contributed by atoms with van der Waals surface area (Å²) in [4.78, 5) is 39.6. The molecule has 8 nitrogen and oxygen atoms in total. The summed E-state index contributed by atoms with van der Waals surface area (Å²) in [7, 11) is 1.66. The lowest BCUT2D eigenvalue weighted by Gasteiger charge is -2.36. The van der Waals surface area contributed by atoms with Crippen LogP contribution in [0.5, 0.6) is 5.75 Å². The van der Waals surface area contributed by atoms with E-state index in [1.807, 2.05) is 60.4 Å². The first kappa shape index (κ1) is 24.5. The third-order valence-electron chi connectivity index (χ3n) is 6.90. The maximum absolute atomic E-state index is 13.4. The molecule has 0 unspecified atom stereocenters. The van der Waals surface area contributed by atoms with E-state index in [-0.39, 0.29) is 11.5 Å². The molecule has 0 spiro atoms. The summed E-state index contributed by atoms with van der Waals surface area (Å²) in [5, 5.41) is 0.486. The fourth-order valence-corrected chi connectivity index (χ4v) is 4.71. The molecule has 1 aliphatic heterocycles. The zero-order valence-electron chi connectivity index (χ0n) is 21.3. The second-order valence-electron chi connectivity index (χ2n) is 9.35. The van der Waals surface area contributed by atoms with Crippen LogP contribution < -0.4 is 15.2 Å². The molecule has 1 saturated heterocycles. The lowest BCUT2D eigenvalue weighted by Crippen LogP contribution is -2.48. The minimum Gasteiger partial charge on any atom is -0.497 e. The molecular weight excluding hydrogens is 466 g/mol. The Hall–Kier alpha value is -4.20. The van der Waals surface area contributed by atoms with Crippen LogP contribution in [0.15, 0.2) is 71.7 Å². The number of hydrogen-bond acceptors (Lipinski definition) is 6. The molecule has 0 aliphatic carbocycles. The number of carbonyl (C=O) groups is 1. The third kappa shape index (κ3) is 5.48. The number of aryl methyl sites for hydroxylation is 2. The maximum Gasteiger partial charge on any atom is 0.263 e. The molecule has 37 heavy (non-hydrogen) atoms. The average molecular weight is 498 g/mol. The largest absolute Gasteiger partial charge is 0.497 e. The van der Waals surface area contributed by atoms with Crippen molar-refractivity contribution in [3.8, 4) is 5.75 Å². The average Bonchev–Trinajstić information content (AvgIpc) is 2.94. The summed E-state index contributed by atoms with van der Waals surface area (Å²) in [6.07, 6.45) is 2.31. The lowest BCUT2D eigenvalue weighted by atomic mass is 10.1. The van der Waals surface area contributed by atoms with Crippen molar-refractivity contribution in [2.45, 2.75) is 26.3 Å². The van der Waals surface area contributed by atoms with E-state index in [0.29, 0.717) is 49.3 Å². The van der Waals surface area contributed by atoms with Crippen LogP contribution in [0.1, 0.15) is 23.4 Å². The molecule has 3 heterocycles. The van der Waals surface area contributed by atoms with Gasteiger partial charge in [0.2, 0.25) is 5.91 Å². The van der Waals surface area contributed by atoms with E-state index in [1.54, 1.807) is 30.0 Å². The van der Waals surface area contributed by atoms with Crippen molar-refractivity contribution in [3.05, 3.63) is 94.2 Å². The SMILES string of the molecule is COc1ccc(N2CCN(C(=O)CCc3nc4ncccc4c(=O)n3Cc3ccc(C)cc3)CC2)cc1. The quantitative estimate of drug-likeness (QED) is 0.389. The summed E-state index contributed by atoms with van der Waals surface area (Å²) in [5.74, 6) is 1.49. The number of rotatable bonds is 7. The highest BCUT2D eigenvalue weighted by Crippen LogP contribution is 2.21. The molecule has 1 amide bonds. The molecule has 0 N–H and O–H groups in total. The Balaban J connectivity index is 1.28. The maximum atomic E-state index is 13.4. The van der Waals surface area contributed by atoms with E-state index >= 15 is 0 Å². The molecule has 190 valence electrons. The smallest absolute Gasteiger partial charge is 0.263 e. The fourth-order valence-electron chi connectivity index (χ4n) is 4.71. The van der Waals surface area contributed by atoms with Gasteiger partial charge in [-0.3, -0.25) is 14.2 Å². The first-order valence-corrected chi connectivity index (χ1v) is 12.6. The Kier molecular flexibility index (Phi) is 7.16. The summed E-state index contributed by atoms with van der Waals surface area (Å²) >= 11 is 0. The van der Waals surface area contributed by atoms with Crippen LogP contribution in [0.3, 0.4) is 0 Å². The van der Waals surface area contributed by atoms with Crippen LogP contribution in [0.2, 0.25) is 0 Å². The molecule has 2 aromatic heterocycles. The van der Waals surface area contributed by atoms with E-state index in [0.717, 1.165) is 35.7 Å². The van der Waals surface area contributed by atoms with Gasteiger partial charge in [0.05, 0.1) is 19.0 Å². The molecule has 1 fully saturated rings. The number of hydrogen-bond donors (Lipinski definition) is 0. The number of amides is 1. The molecule has 8 heteroatoms. The standard InChI is InChI=1S/C29H31N5O3/c1-21-5-7-22(8-6-21)20-34-26(31-28-25(29(34)36)4-3-15-30-28)13-14-27(35)33-18-16-32(17-19-33)23-9-11-24(37-2)12-10-23/h3-12,15H,13-14,16-20H2,1-2H3. The van der Waals surface area contributed by atoms with Crippen molar-refractivity contribution < 1.29 is 9.53 Å². The summed E-state index contributed by atoms with van der Waals surface area (Å²) in [6.45, 7) is 5.30. The molecule has 4 aromatic rings. The lowest BCUT2D eigenvalue weighted by molar-refractivity contribution is -0.131. The number of nitrogens with zero attached hydrogens (tertiary/aromatic N) is 5. The number of fused-ring (bicyclic) bond motifs is 1. The minimum absolute atomic E-state index is 0.0756. The fraction of sp³-hybridized carbons (Fsp3) is 0.310. The molecule has 2 aromatic carbocycles. The molecule has 0 atom stereocenters. The van der Waals surface area contributed by atoms with Gasteiger partial charge in [0.25, 0.3) is 5.56 Å². The topological polar surface area (TPSA) is 80.6 Å². The number of pyridine rings is 1. The molecule has 0 radical (unpaired) electrons. The van der Waals surface area contributed by atoms with Gasteiger partial charge in [-0.1, -0.05) is 29.8 Å².